The first kappa shape index (κ1) is 13.6. The van der Waals surface area contributed by atoms with Crippen molar-refractivity contribution in [1.29, 1.82) is 0 Å². The highest BCUT2D eigenvalue weighted by Gasteiger charge is 2.07. The summed E-state index contributed by atoms with van der Waals surface area (Å²) >= 11 is 5.12. The van der Waals surface area contributed by atoms with Crippen molar-refractivity contribution in [2.45, 2.75) is 6.42 Å². The van der Waals surface area contributed by atoms with E-state index < -0.39 is 0 Å². The second-order valence-electron chi connectivity index (χ2n) is 4.83. The van der Waals surface area contributed by atoms with E-state index in [1.54, 1.807) is 6.26 Å². The predicted molar refractivity (Wildman–Crippen MR) is 90.7 cm³/mol. The molecule has 0 aliphatic heterocycles. The zero-order valence-corrected chi connectivity index (χ0v) is 12.3. The molecule has 3 rings (SSSR count). The third kappa shape index (κ3) is 2.90. The van der Waals surface area contributed by atoms with E-state index >= 15 is 0 Å². The van der Waals surface area contributed by atoms with Crippen LogP contribution in [0.4, 0.5) is 5.69 Å². The summed E-state index contributed by atoms with van der Waals surface area (Å²) in [5.74, 6) is 0.978. The van der Waals surface area contributed by atoms with E-state index in [-0.39, 0.29) is 0 Å². The molecule has 0 bridgehead atoms. The summed E-state index contributed by atoms with van der Waals surface area (Å²) < 4.78 is 5.34. The zero-order chi connectivity index (χ0) is 14.7. The van der Waals surface area contributed by atoms with Crippen LogP contribution in [-0.4, -0.2) is 11.5 Å². The first-order chi connectivity index (χ1) is 10.3. The summed E-state index contributed by atoms with van der Waals surface area (Å²) in [6.07, 6.45) is 2.54. The van der Waals surface area contributed by atoms with E-state index in [1.165, 1.54) is 0 Å². The van der Waals surface area contributed by atoms with Gasteiger partial charge in [-0.15, -0.1) is 0 Å². The number of fused-ring (bicyclic) bond motifs is 1. The van der Waals surface area contributed by atoms with E-state index in [1.807, 2.05) is 42.5 Å². The Morgan fingerprint density at radius 2 is 1.86 bits per heavy atom. The Morgan fingerprint density at radius 1 is 1.05 bits per heavy atom. The number of thiocarbonyl (C=S) groups is 1. The van der Waals surface area contributed by atoms with E-state index in [9.17, 15) is 0 Å². The molecule has 0 aliphatic carbocycles. The topological polar surface area (TPSA) is 51.2 Å². The molecule has 21 heavy (non-hydrogen) atoms. The highest BCUT2D eigenvalue weighted by atomic mass is 32.1. The number of hydrogen-bond acceptors (Lipinski definition) is 3. The summed E-state index contributed by atoms with van der Waals surface area (Å²) in [4.78, 5) is 0.424. The van der Waals surface area contributed by atoms with E-state index in [0.29, 0.717) is 4.99 Å². The van der Waals surface area contributed by atoms with Gasteiger partial charge in [0.25, 0.3) is 0 Å². The Morgan fingerprint density at radius 3 is 2.57 bits per heavy atom. The smallest absolute Gasteiger partial charge is 0.105 e. The lowest BCUT2D eigenvalue weighted by molar-refractivity contribution is 0.513. The summed E-state index contributed by atoms with van der Waals surface area (Å²) in [6.45, 7) is 0.809. The molecule has 0 aliphatic rings. The van der Waals surface area contributed by atoms with Crippen molar-refractivity contribution in [3.8, 4) is 0 Å². The van der Waals surface area contributed by atoms with Crippen molar-refractivity contribution < 1.29 is 4.42 Å². The van der Waals surface area contributed by atoms with Crippen molar-refractivity contribution in [1.82, 2.24) is 0 Å². The molecular formula is C17H16N2OS. The van der Waals surface area contributed by atoms with Gasteiger partial charge in [0.1, 0.15) is 10.7 Å². The van der Waals surface area contributed by atoms with Crippen LogP contribution in [0.15, 0.2) is 59.2 Å². The molecule has 3 nitrogen and oxygen atoms in total. The number of benzene rings is 2. The Bertz CT molecular complexity index is 766. The highest BCUT2D eigenvalue weighted by Crippen LogP contribution is 2.26. The van der Waals surface area contributed by atoms with Crippen LogP contribution in [0.2, 0.25) is 0 Å². The van der Waals surface area contributed by atoms with Gasteiger partial charge in [0.15, 0.2) is 0 Å². The average Bonchev–Trinajstić information content (AvgIpc) is 3.00. The molecular weight excluding hydrogens is 280 g/mol. The zero-order valence-electron chi connectivity index (χ0n) is 11.5. The molecule has 0 saturated carbocycles. The first-order valence-electron chi connectivity index (χ1n) is 6.83. The van der Waals surface area contributed by atoms with Crippen LogP contribution >= 0.6 is 12.2 Å². The number of furan rings is 1. The molecule has 0 fully saturated rings. The average molecular weight is 296 g/mol. The first-order valence-corrected chi connectivity index (χ1v) is 7.24. The molecule has 0 radical (unpaired) electrons. The van der Waals surface area contributed by atoms with Crippen molar-refractivity contribution in [3.05, 3.63) is 66.1 Å². The maximum Gasteiger partial charge on any atom is 0.105 e. The van der Waals surface area contributed by atoms with Crippen LogP contribution in [-0.2, 0) is 6.42 Å². The lowest BCUT2D eigenvalue weighted by atomic mass is 10.0. The third-order valence-electron chi connectivity index (χ3n) is 3.46. The molecule has 0 amide bonds. The van der Waals surface area contributed by atoms with Gasteiger partial charge in [0.05, 0.1) is 6.26 Å². The Hall–Kier alpha value is -2.33. The molecule has 1 aromatic heterocycles. The van der Waals surface area contributed by atoms with Crippen molar-refractivity contribution in [2.75, 3.05) is 11.9 Å². The normalized spacial score (nSPS) is 10.7. The largest absolute Gasteiger partial charge is 0.469 e. The molecule has 106 valence electrons. The van der Waals surface area contributed by atoms with E-state index in [4.69, 9.17) is 22.4 Å². The molecule has 0 unspecified atom stereocenters. The van der Waals surface area contributed by atoms with Gasteiger partial charge in [-0.25, -0.2) is 0 Å². The third-order valence-corrected chi connectivity index (χ3v) is 3.68. The lowest BCUT2D eigenvalue weighted by Gasteiger charge is -2.12. The minimum absolute atomic E-state index is 0.424. The summed E-state index contributed by atoms with van der Waals surface area (Å²) in [5.41, 5.74) is 7.79. The van der Waals surface area contributed by atoms with Crippen LogP contribution in [0.25, 0.3) is 10.8 Å². The van der Waals surface area contributed by atoms with Crippen LogP contribution in [0, 0.1) is 0 Å². The molecule has 1 heterocycles. The highest BCUT2D eigenvalue weighted by molar-refractivity contribution is 7.80. The van der Waals surface area contributed by atoms with Gasteiger partial charge in [-0.05, 0) is 29.7 Å². The maximum absolute atomic E-state index is 5.79. The van der Waals surface area contributed by atoms with Gasteiger partial charge < -0.3 is 15.5 Å². The summed E-state index contributed by atoms with van der Waals surface area (Å²) in [6, 6.07) is 16.0. The van der Waals surface area contributed by atoms with Gasteiger partial charge in [0.2, 0.25) is 0 Å². The van der Waals surface area contributed by atoms with Crippen molar-refractivity contribution in [2.24, 2.45) is 5.73 Å². The maximum atomic E-state index is 5.79. The van der Waals surface area contributed by atoms with Gasteiger partial charge in [-0.1, -0.05) is 36.5 Å². The molecule has 3 N–H and O–H groups in total. The van der Waals surface area contributed by atoms with Crippen molar-refractivity contribution in [3.63, 3.8) is 0 Å². The number of rotatable bonds is 5. The predicted octanol–water partition coefficient (Wildman–Crippen LogP) is 3.72. The van der Waals surface area contributed by atoms with E-state index in [2.05, 4.69) is 11.4 Å². The molecule has 0 atom stereocenters. The molecule has 4 heteroatoms. The Labute approximate surface area is 128 Å². The minimum atomic E-state index is 0.424. The van der Waals surface area contributed by atoms with Crippen LogP contribution in [0.3, 0.4) is 0 Å². The molecule has 2 aromatic carbocycles. The molecule has 3 aromatic rings. The quantitative estimate of drug-likeness (QED) is 0.705. The number of anilines is 1. The van der Waals surface area contributed by atoms with Crippen molar-refractivity contribution >= 4 is 33.7 Å². The second kappa shape index (κ2) is 5.97. The number of hydrogen-bond donors (Lipinski definition) is 2. The fourth-order valence-corrected chi connectivity index (χ4v) is 2.62. The van der Waals surface area contributed by atoms with Gasteiger partial charge in [-0.3, -0.25) is 0 Å². The second-order valence-corrected chi connectivity index (χ2v) is 5.27. The fraction of sp³-hybridized carbons (Fsp3) is 0.118. The van der Waals surface area contributed by atoms with Crippen LogP contribution in [0.5, 0.6) is 0 Å². The standard InChI is InChI=1S/C17H16N2OS/c18-17(21)15-7-8-16(14-6-2-1-5-13(14)15)19-10-9-12-4-3-11-20-12/h1-8,11,19H,9-10H2,(H2,18,21). The minimum Gasteiger partial charge on any atom is -0.469 e. The monoisotopic (exact) mass is 296 g/mol. The van der Waals surface area contributed by atoms with E-state index in [0.717, 1.165) is 40.7 Å². The summed E-state index contributed by atoms with van der Waals surface area (Å²) in [5, 5.41) is 5.65. The van der Waals surface area contributed by atoms with Crippen LogP contribution < -0.4 is 11.1 Å². The fourth-order valence-electron chi connectivity index (χ4n) is 2.44. The Balaban J connectivity index is 1.85. The lowest BCUT2D eigenvalue weighted by Crippen LogP contribution is -2.11. The summed E-state index contributed by atoms with van der Waals surface area (Å²) in [7, 11) is 0. The van der Waals surface area contributed by atoms with Crippen LogP contribution in [0.1, 0.15) is 11.3 Å². The van der Waals surface area contributed by atoms with Gasteiger partial charge >= 0.3 is 0 Å². The van der Waals surface area contributed by atoms with Gasteiger partial charge in [-0.2, -0.15) is 0 Å². The number of nitrogens with two attached hydrogens (primary N) is 1. The Kier molecular flexibility index (Phi) is 3.88. The molecule has 0 saturated heterocycles. The SMILES string of the molecule is NC(=S)c1ccc(NCCc2ccco2)c2ccccc12. The number of nitrogens with one attached hydrogen (secondary N) is 1. The molecule has 0 spiro atoms. The van der Waals surface area contributed by atoms with Gasteiger partial charge in [0, 0.05) is 29.6 Å².